The predicted octanol–water partition coefficient (Wildman–Crippen LogP) is 5.14. The van der Waals surface area contributed by atoms with Crippen molar-refractivity contribution in [2.75, 3.05) is 0 Å². The van der Waals surface area contributed by atoms with Crippen molar-refractivity contribution < 1.29 is 25.2 Å². The van der Waals surface area contributed by atoms with Gasteiger partial charge in [0.1, 0.15) is 5.75 Å². The van der Waals surface area contributed by atoms with Crippen LogP contribution in [0.5, 0.6) is 5.75 Å². The summed E-state index contributed by atoms with van der Waals surface area (Å²) in [6.07, 6.45) is 13.0. The van der Waals surface area contributed by atoms with E-state index in [0.29, 0.717) is 12.8 Å². The first-order chi connectivity index (χ1) is 14.4. The number of carboxylic acid groups (broad SMARTS) is 1. The van der Waals surface area contributed by atoms with E-state index in [-0.39, 0.29) is 12.2 Å². The summed E-state index contributed by atoms with van der Waals surface area (Å²) in [4.78, 5) is 10.5. The molecule has 0 radical (unpaired) electrons. The molecule has 0 bridgehead atoms. The van der Waals surface area contributed by atoms with Crippen LogP contribution in [0.2, 0.25) is 0 Å². The Morgan fingerprint density at radius 2 is 1.80 bits per heavy atom. The van der Waals surface area contributed by atoms with E-state index < -0.39 is 18.2 Å². The molecule has 0 aliphatic carbocycles. The lowest BCUT2D eigenvalue weighted by Crippen LogP contribution is -2.23. The maximum absolute atomic E-state index is 10.5. The van der Waals surface area contributed by atoms with Crippen LogP contribution >= 0.6 is 0 Å². The summed E-state index contributed by atoms with van der Waals surface area (Å²) >= 11 is 0. The summed E-state index contributed by atoms with van der Waals surface area (Å²) in [6.45, 7) is 2.05. The Bertz CT molecular complexity index is 665. The highest BCUT2D eigenvalue weighted by atomic mass is 16.4. The first kappa shape index (κ1) is 25.9. The summed E-state index contributed by atoms with van der Waals surface area (Å²) in [6, 6.07) is 7.14. The van der Waals surface area contributed by atoms with Crippen molar-refractivity contribution in [2.24, 2.45) is 0 Å². The van der Waals surface area contributed by atoms with E-state index in [1.165, 1.54) is 0 Å². The van der Waals surface area contributed by atoms with E-state index in [9.17, 15) is 20.1 Å². The Morgan fingerprint density at radius 3 is 2.50 bits per heavy atom. The highest BCUT2D eigenvalue weighted by molar-refractivity contribution is 5.66. The van der Waals surface area contributed by atoms with Gasteiger partial charge < -0.3 is 20.4 Å². The van der Waals surface area contributed by atoms with Crippen molar-refractivity contribution in [3.8, 4) is 5.75 Å². The number of phenols is 1. The Labute approximate surface area is 180 Å². The second kappa shape index (κ2) is 15.7. The van der Waals surface area contributed by atoms with Crippen molar-refractivity contribution in [2.45, 2.75) is 89.8 Å². The predicted molar refractivity (Wildman–Crippen MR) is 121 cm³/mol. The van der Waals surface area contributed by atoms with Crippen molar-refractivity contribution >= 4 is 5.97 Å². The zero-order valence-electron chi connectivity index (χ0n) is 18.2. The van der Waals surface area contributed by atoms with Gasteiger partial charge in [-0.2, -0.15) is 0 Å². The summed E-state index contributed by atoms with van der Waals surface area (Å²) < 4.78 is 0. The SMILES string of the molecule is CCCCC(O)C(O)C=CC(=CCCCCCCCC(=O)O)Cc1cccc(O)c1. The van der Waals surface area contributed by atoms with Gasteiger partial charge in [0, 0.05) is 6.42 Å². The van der Waals surface area contributed by atoms with Crippen molar-refractivity contribution in [1.29, 1.82) is 0 Å². The monoisotopic (exact) mass is 418 g/mol. The molecule has 0 heterocycles. The zero-order chi connectivity index (χ0) is 22.2. The van der Waals surface area contributed by atoms with Crippen LogP contribution in [0.1, 0.15) is 76.7 Å². The van der Waals surface area contributed by atoms with Gasteiger partial charge in [0.2, 0.25) is 0 Å². The second-order valence-electron chi connectivity index (χ2n) is 7.89. The average molecular weight is 419 g/mol. The van der Waals surface area contributed by atoms with Crippen LogP contribution < -0.4 is 0 Å². The Kier molecular flexibility index (Phi) is 13.6. The number of carboxylic acids is 1. The molecular formula is C25H38O5. The molecule has 30 heavy (non-hydrogen) atoms. The first-order valence-corrected chi connectivity index (χ1v) is 11.2. The molecule has 0 saturated carbocycles. The molecule has 1 aromatic carbocycles. The minimum Gasteiger partial charge on any atom is -0.508 e. The van der Waals surface area contributed by atoms with Gasteiger partial charge in [-0.3, -0.25) is 4.79 Å². The van der Waals surface area contributed by atoms with Crippen LogP contribution in [0.15, 0.2) is 48.1 Å². The molecule has 2 atom stereocenters. The topological polar surface area (TPSA) is 98.0 Å². The number of phenolic OH excluding ortho intramolecular Hbond substituents is 1. The number of aliphatic hydroxyl groups excluding tert-OH is 2. The van der Waals surface area contributed by atoms with E-state index in [1.807, 2.05) is 18.2 Å². The molecular weight excluding hydrogens is 380 g/mol. The summed E-state index contributed by atoms with van der Waals surface area (Å²) in [7, 11) is 0. The molecule has 0 aliphatic rings. The molecule has 1 aromatic rings. The smallest absolute Gasteiger partial charge is 0.303 e. The molecule has 0 saturated heterocycles. The summed E-state index contributed by atoms with van der Waals surface area (Å²) in [5.74, 6) is -0.504. The van der Waals surface area contributed by atoms with Gasteiger partial charge in [-0.25, -0.2) is 0 Å². The number of aromatic hydroxyl groups is 1. The van der Waals surface area contributed by atoms with Crippen molar-refractivity contribution in [3.63, 3.8) is 0 Å². The normalized spacial score (nSPS) is 14.2. The van der Waals surface area contributed by atoms with E-state index in [2.05, 4.69) is 13.0 Å². The molecule has 1 rings (SSSR count). The van der Waals surface area contributed by atoms with E-state index in [0.717, 1.165) is 62.5 Å². The van der Waals surface area contributed by atoms with Gasteiger partial charge in [-0.05, 0) is 55.4 Å². The number of carbonyl (C=O) groups is 1. The maximum Gasteiger partial charge on any atom is 0.303 e. The second-order valence-corrected chi connectivity index (χ2v) is 7.89. The van der Waals surface area contributed by atoms with Crippen LogP contribution in [0, 0.1) is 0 Å². The van der Waals surface area contributed by atoms with Gasteiger partial charge >= 0.3 is 5.97 Å². The molecule has 0 aromatic heterocycles. The standard InChI is InChI=1S/C25H38O5/c1-2-3-14-23(27)24(28)17-16-20(18-21-12-10-13-22(26)19-21)11-8-6-4-5-7-9-15-25(29)30/h10-13,16-17,19,23-24,26-28H,2-9,14-15,18H2,1H3,(H,29,30). The number of allylic oxidation sites excluding steroid dienone is 3. The fourth-order valence-corrected chi connectivity index (χ4v) is 3.27. The molecule has 4 N–H and O–H groups in total. The molecule has 5 nitrogen and oxygen atoms in total. The highest BCUT2D eigenvalue weighted by Crippen LogP contribution is 2.18. The number of hydrogen-bond acceptors (Lipinski definition) is 4. The lowest BCUT2D eigenvalue weighted by atomic mass is 10.00. The summed E-state index contributed by atoms with van der Waals surface area (Å²) in [5.41, 5.74) is 2.02. The Hall–Kier alpha value is -2.11. The fraction of sp³-hybridized carbons (Fsp3) is 0.560. The third-order valence-electron chi connectivity index (χ3n) is 5.08. The van der Waals surface area contributed by atoms with Crippen LogP contribution in [0.3, 0.4) is 0 Å². The Balaban J connectivity index is 2.60. The third-order valence-corrected chi connectivity index (χ3v) is 5.08. The van der Waals surface area contributed by atoms with Crippen LogP contribution in [-0.4, -0.2) is 38.6 Å². The molecule has 0 spiro atoms. The van der Waals surface area contributed by atoms with Crippen molar-refractivity contribution in [3.05, 3.63) is 53.6 Å². The number of unbranched alkanes of at least 4 members (excludes halogenated alkanes) is 6. The van der Waals surface area contributed by atoms with Crippen molar-refractivity contribution in [1.82, 2.24) is 0 Å². The largest absolute Gasteiger partial charge is 0.508 e. The number of rotatable bonds is 16. The third kappa shape index (κ3) is 12.5. The number of aliphatic carboxylic acids is 1. The molecule has 2 unspecified atom stereocenters. The fourth-order valence-electron chi connectivity index (χ4n) is 3.27. The van der Waals surface area contributed by atoms with E-state index in [4.69, 9.17) is 5.11 Å². The van der Waals surface area contributed by atoms with Crippen LogP contribution in [0.25, 0.3) is 0 Å². The Morgan fingerprint density at radius 1 is 1.07 bits per heavy atom. The van der Waals surface area contributed by atoms with E-state index in [1.54, 1.807) is 18.2 Å². The van der Waals surface area contributed by atoms with Gasteiger partial charge in [0.25, 0.3) is 0 Å². The van der Waals surface area contributed by atoms with Gasteiger partial charge in [0.15, 0.2) is 0 Å². The minimum atomic E-state index is -0.890. The molecule has 0 amide bonds. The quantitative estimate of drug-likeness (QED) is 0.220. The van der Waals surface area contributed by atoms with Gasteiger partial charge in [-0.15, -0.1) is 0 Å². The summed E-state index contributed by atoms with van der Waals surface area (Å²) in [5, 5.41) is 38.6. The zero-order valence-corrected chi connectivity index (χ0v) is 18.2. The lowest BCUT2D eigenvalue weighted by Gasteiger charge is -2.14. The maximum atomic E-state index is 10.5. The molecule has 5 heteroatoms. The molecule has 168 valence electrons. The molecule has 0 fully saturated rings. The number of benzene rings is 1. The van der Waals surface area contributed by atoms with Crippen LogP contribution in [0.4, 0.5) is 0 Å². The van der Waals surface area contributed by atoms with E-state index >= 15 is 0 Å². The number of aliphatic hydroxyl groups is 2. The van der Waals surface area contributed by atoms with Gasteiger partial charge in [-0.1, -0.05) is 69.4 Å². The van der Waals surface area contributed by atoms with Crippen LogP contribution in [-0.2, 0) is 11.2 Å². The first-order valence-electron chi connectivity index (χ1n) is 11.2. The average Bonchev–Trinajstić information content (AvgIpc) is 2.71. The number of hydrogen-bond donors (Lipinski definition) is 4. The molecule has 0 aliphatic heterocycles. The van der Waals surface area contributed by atoms with Gasteiger partial charge in [0.05, 0.1) is 12.2 Å². The highest BCUT2D eigenvalue weighted by Gasteiger charge is 2.12. The minimum absolute atomic E-state index is 0.229. The lowest BCUT2D eigenvalue weighted by molar-refractivity contribution is -0.137.